The number of fused-ring (bicyclic) bond motifs is 1. The van der Waals surface area contributed by atoms with Crippen molar-refractivity contribution in [1.29, 1.82) is 0 Å². The lowest BCUT2D eigenvalue weighted by Crippen LogP contribution is -2.39. The van der Waals surface area contributed by atoms with Crippen molar-refractivity contribution >= 4 is 16.8 Å². The highest BCUT2D eigenvalue weighted by Gasteiger charge is 2.24. The molecular weight excluding hydrogens is 338 g/mol. The Labute approximate surface area is 161 Å². The number of nitrogens with one attached hydrogen (secondary N) is 1. The van der Waals surface area contributed by atoms with Crippen molar-refractivity contribution in [3.05, 3.63) is 36.0 Å². The van der Waals surface area contributed by atoms with E-state index in [1.165, 1.54) is 23.8 Å². The summed E-state index contributed by atoms with van der Waals surface area (Å²) < 4.78 is 8.10. The van der Waals surface area contributed by atoms with Crippen LogP contribution in [0.5, 0.6) is 0 Å². The first kappa shape index (κ1) is 18.5. The van der Waals surface area contributed by atoms with Gasteiger partial charge in [-0.2, -0.15) is 0 Å². The zero-order chi connectivity index (χ0) is 18.6. The zero-order valence-corrected chi connectivity index (χ0v) is 16.3. The molecule has 0 unspecified atom stereocenters. The van der Waals surface area contributed by atoms with Gasteiger partial charge in [0, 0.05) is 42.8 Å². The fraction of sp³-hybridized carbons (Fsp3) is 0.591. The van der Waals surface area contributed by atoms with Crippen molar-refractivity contribution in [1.82, 2.24) is 14.8 Å². The average molecular weight is 370 g/mol. The highest BCUT2D eigenvalue weighted by Crippen LogP contribution is 2.25. The number of likely N-dealkylation sites (tertiary alicyclic amines) is 1. The normalized spacial score (nSPS) is 20.9. The minimum Gasteiger partial charge on any atom is -0.377 e. The SMILES string of the molecule is CCCO[C@@H]1CCCN(Cc2cn(CC(=O)NC3CC3)c3ccccc23)C1. The number of para-hydroxylation sites is 1. The molecule has 1 amide bonds. The summed E-state index contributed by atoms with van der Waals surface area (Å²) in [4.78, 5) is 14.8. The highest BCUT2D eigenvalue weighted by atomic mass is 16.5. The van der Waals surface area contributed by atoms with Gasteiger partial charge in [0.15, 0.2) is 0 Å². The van der Waals surface area contributed by atoms with E-state index in [9.17, 15) is 4.79 Å². The summed E-state index contributed by atoms with van der Waals surface area (Å²) in [5, 5.41) is 4.35. The van der Waals surface area contributed by atoms with Crippen molar-refractivity contribution < 1.29 is 9.53 Å². The molecule has 1 aliphatic carbocycles. The van der Waals surface area contributed by atoms with E-state index in [0.29, 0.717) is 18.7 Å². The lowest BCUT2D eigenvalue weighted by Gasteiger charge is -2.32. The largest absolute Gasteiger partial charge is 0.377 e. The van der Waals surface area contributed by atoms with Crippen LogP contribution in [0.3, 0.4) is 0 Å². The number of ether oxygens (including phenoxy) is 1. The molecule has 2 fully saturated rings. The average Bonchev–Trinajstić information content (AvgIpc) is 3.43. The van der Waals surface area contributed by atoms with Gasteiger partial charge in [-0.1, -0.05) is 25.1 Å². The first-order chi connectivity index (χ1) is 13.2. The van der Waals surface area contributed by atoms with Gasteiger partial charge in [-0.15, -0.1) is 0 Å². The topological polar surface area (TPSA) is 46.5 Å². The lowest BCUT2D eigenvalue weighted by atomic mass is 10.1. The van der Waals surface area contributed by atoms with E-state index in [1.807, 2.05) is 0 Å². The van der Waals surface area contributed by atoms with E-state index >= 15 is 0 Å². The maximum atomic E-state index is 12.3. The summed E-state index contributed by atoms with van der Waals surface area (Å²) >= 11 is 0. The second kappa shape index (κ2) is 8.44. The summed E-state index contributed by atoms with van der Waals surface area (Å²) in [7, 11) is 0. The van der Waals surface area contributed by atoms with Crippen molar-refractivity contribution in [2.45, 2.75) is 64.3 Å². The summed E-state index contributed by atoms with van der Waals surface area (Å²) in [6, 6.07) is 8.84. The number of rotatable bonds is 8. The number of piperidine rings is 1. The highest BCUT2D eigenvalue weighted by molar-refractivity contribution is 5.86. The van der Waals surface area contributed by atoms with Gasteiger partial charge in [0.1, 0.15) is 6.54 Å². The summed E-state index contributed by atoms with van der Waals surface area (Å²) in [5.74, 6) is 0.121. The molecule has 0 spiro atoms. The molecule has 1 aromatic heterocycles. The Bertz CT molecular complexity index is 781. The fourth-order valence-corrected chi connectivity index (χ4v) is 4.05. The second-order valence-electron chi connectivity index (χ2n) is 8.01. The molecule has 1 atom stereocenters. The predicted molar refractivity (Wildman–Crippen MR) is 108 cm³/mol. The monoisotopic (exact) mass is 369 g/mol. The molecule has 1 aliphatic heterocycles. The van der Waals surface area contributed by atoms with Gasteiger partial charge in [-0.25, -0.2) is 0 Å². The number of hydrogen-bond donors (Lipinski definition) is 1. The minimum atomic E-state index is 0.121. The molecule has 2 aromatic rings. The first-order valence-electron chi connectivity index (χ1n) is 10.4. The third-order valence-corrected chi connectivity index (χ3v) is 5.54. The number of nitrogens with zero attached hydrogens (tertiary/aromatic N) is 2. The van der Waals surface area contributed by atoms with Crippen molar-refractivity contribution in [2.75, 3.05) is 19.7 Å². The Balaban J connectivity index is 1.47. The van der Waals surface area contributed by atoms with E-state index in [4.69, 9.17) is 4.74 Å². The molecule has 0 radical (unpaired) electrons. The van der Waals surface area contributed by atoms with Crippen LogP contribution in [0.1, 0.15) is 44.6 Å². The van der Waals surface area contributed by atoms with Crippen LogP contribution in [0, 0.1) is 0 Å². The fourth-order valence-electron chi connectivity index (χ4n) is 4.05. The molecule has 4 rings (SSSR count). The lowest BCUT2D eigenvalue weighted by molar-refractivity contribution is -0.121. The maximum absolute atomic E-state index is 12.3. The molecule has 1 N–H and O–H groups in total. The van der Waals surface area contributed by atoms with Crippen LogP contribution in [0.25, 0.3) is 10.9 Å². The molecule has 2 heterocycles. The standard InChI is InChI=1S/C22H31N3O2/c1-2-12-27-19-6-5-11-24(15-19)13-17-14-25(16-22(26)23-18-9-10-18)21-8-4-3-7-20(17)21/h3-4,7-8,14,18-19H,2,5-6,9-13,15-16H2,1H3,(H,23,26)/t19-/m1/s1. The van der Waals surface area contributed by atoms with E-state index in [2.05, 4.69) is 52.2 Å². The summed E-state index contributed by atoms with van der Waals surface area (Å²) in [6.45, 7) is 6.46. The van der Waals surface area contributed by atoms with Crippen LogP contribution in [0.15, 0.2) is 30.5 Å². The van der Waals surface area contributed by atoms with Crippen LogP contribution >= 0.6 is 0 Å². The number of benzene rings is 1. The van der Waals surface area contributed by atoms with Crippen molar-refractivity contribution in [3.8, 4) is 0 Å². The first-order valence-corrected chi connectivity index (χ1v) is 10.4. The predicted octanol–water partition coefficient (Wildman–Crippen LogP) is 3.31. The molecule has 2 aliphatic rings. The molecule has 1 saturated carbocycles. The van der Waals surface area contributed by atoms with E-state index in [0.717, 1.165) is 51.0 Å². The van der Waals surface area contributed by atoms with Gasteiger partial charge in [0.25, 0.3) is 0 Å². The van der Waals surface area contributed by atoms with E-state index < -0.39 is 0 Å². The molecule has 5 nitrogen and oxygen atoms in total. The van der Waals surface area contributed by atoms with Gasteiger partial charge in [0.2, 0.25) is 5.91 Å². The number of carbonyl (C=O) groups excluding carboxylic acids is 1. The molecule has 1 aromatic carbocycles. The molecule has 1 saturated heterocycles. The van der Waals surface area contributed by atoms with Crippen LogP contribution < -0.4 is 5.32 Å². The Morgan fingerprint density at radius 3 is 2.93 bits per heavy atom. The summed E-state index contributed by atoms with van der Waals surface area (Å²) in [6.07, 6.45) is 8.22. The van der Waals surface area contributed by atoms with Crippen molar-refractivity contribution in [3.63, 3.8) is 0 Å². The molecule has 0 bridgehead atoms. The smallest absolute Gasteiger partial charge is 0.240 e. The minimum absolute atomic E-state index is 0.121. The van der Waals surface area contributed by atoms with Gasteiger partial charge >= 0.3 is 0 Å². The Kier molecular flexibility index (Phi) is 5.79. The quantitative estimate of drug-likeness (QED) is 0.776. The Morgan fingerprint density at radius 1 is 1.26 bits per heavy atom. The van der Waals surface area contributed by atoms with Crippen molar-refractivity contribution in [2.24, 2.45) is 0 Å². The molecule has 5 heteroatoms. The third kappa shape index (κ3) is 4.71. The van der Waals surface area contributed by atoms with Crippen LogP contribution in [0.2, 0.25) is 0 Å². The molecule has 27 heavy (non-hydrogen) atoms. The summed E-state index contributed by atoms with van der Waals surface area (Å²) in [5.41, 5.74) is 2.45. The van der Waals surface area contributed by atoms with E-state index in [1.54, 1.807) is 0 Å². The maximum Gasteiger partial charge on any atom is 0.240 e. The zero-order valence-electron chi connectivity index (χ0n) is 16.3. The van der Waals surface area contributed by atoms with Gasteiger partial charge in [-0.05, 0) is 50.3 Å². The van der Waals surface area contributed by atoms with Gasteiger partial charge in [0.05, 0.1) is 6.10 Å². The molecule has 146 valence electrons. The van der Waals surface area contributed by atoms with Gasteiger partial charge in [-0.3, -0.25) is 9.69 Å². The number of carbonyl (C=O) groups is 1. The Morgan fingerprint density at radius 2 is 2.11 bits per heavy atom. The number of amides is 1. The van der Waals surface area contributed by atoms with Crippen LogP contribution in [-0.2, 0) is 22.6 Å². The van der Waals surface area contributed by atoms with E-state index in [-0.39, 0.29) is 5.91 Å². The van der Waals surface area contributed by atoms with Crippen LogP contribution in [0.4, 0.5) is 0 Å². The Hall–Kier alpha value is -1.85. The second-order valence-corrected chi connectivity index (χ2v) is 8.01. The molecular formula is C22H31N3O2. The van der Waals surface area contributed by atoms with Gasteiger partial charge < -0.3 is 14.6 Å². The van der Waals surface area contributed by atoms with Crippen LogP contribution in [-0.4, -0.2) is 47.2 Å². The third-order valence-electron chi connectivity index (χ3n) is 5.54. The number of hydrogen-bond acceptors (Lipinski definition) is 3. The number of aromatic nitrogens is 1.